The van der Waals surface area contributed by atoms with Crippen LogP contribution in [0.5, 0.6) is 0 Å². The lowest BCUT2D eigenvalue weighted by molar-refractivity contribution is -0.888. The summed E-state index contributed by atoms with van der Waals surface area (Å²) in [6, 6.07) is 0. The summed E-state index contributed by atoms with van der Waals surface area (Å²) in [6.45, 7) is 13.2. The van der Waals surface area contributed by atoms with Crippen molar-refractivity contribution in [3.63, 3.8) is 0 Å². The highest BCUT2D eigenvalue weighted by atomic mass is 32.3. The van der Waals surface area contributed by atoms with Gasteiger partial charge in [0, 0.05) is 13.0 Å². The molecule has 0 saturated carbocycles. The quantitative estimate of drug-likeness (QED) is 0.0722. The van der Waals surface area contributed by atoms with E-state index in [4.69, 9.17) is 0 Å². The average molecular weight is 509 g/mol. The van der Waals surface area contributed by atoms with Gasteiger partial charge < -0.3 is 14.4 Å². The summed E-state index contributed by atoms with van der Waals surface area (Å²) in [7, 11) is 0.233. The Morgan fingerprint density at radius 1 is 0.735 bits per heavy atom. The van der Waals surface area contributed by atoms with Crippen LogP contribution in [0, 0.1) is 5.92 Å². The van der Waals surface area contributed by atoms with Gasteiger partial charge in [0.1, 0.15) is 0 Å². The number of nitrogens with zero attached hydrogens (tertiary/aromatic N) is 1. The number of hydrogen-bond donors (Lipinski definition) is 1. The van der Waals surface area contributed by atoms with Crippen LogP contribution in [0.3, 0.4) is 0 Å². The Balaban J connectivity index is 0. The molecular weight excluding hydrogens is 448 g/mol. The summed E-state index contributed by atoms with van der Waals surface area (Å²) in [5, 5.41) is 3.62. The number of rotatable bonds is 23. The van der Waals surface area contributed by atoms with E-state index in [1.807, 2.05) is 0 Å². The molecule has 0 spiro atoms. The van der Waals surface area contributed by atoms with Gasteiger partial charge in [0.15, 0.2) is 0 Å². The van der Waals surface area contributed by atoms with Crippen LogP contribution in [0.25, 0.3) is 0 Å². The van der Waals surface area contributed by atoms with Crippen LogP contribution in [0.15, 0.2) is 0 Å². The van der Waals surface area contributed by atoms with E-state index in [0.29, 0.717) is 0 Å². The lowest BCUT2D eigenvalue weighted by atomic mass is 10.0. The molecule has 0 saturated heterocycles. The zero-order chi connectivity index (χ0) is 26.1. The largest absolute Gasteiger partial charge is 0.726 e. The number of quaternary nitrogens is 1. The van der Waals surface area contributed by atoms with Crippen molar-refractivity contribution in [2.75, 3.05) is 46.9 Å². The Kier molecular flexibility index (Phi) is 25.9. The van der Waals surface area contributed by atoms with E-state index in [9.17, 15) is 13.0 Å². The van der Waals surface area contributed by atoms with E-state index in [0.717, 1.165) is 10.4 Å². The first-order chi connectivity index (χ1) is 16.0. The molecule has 1 N–H and O–H groups in total. The fourth-order valence-corrected chi connectivity index (χ4v) is 4.10. The van der Waals surface area contributed by atoms with Crippen molar-refractivity contribution in [2.24, 2.45) is 5.92 Å². The van der Waals surface area contributed by atoms with Crippen molar-refractivity contribution >= 4 is 10.4 Å². The van der Waals surface area contributed by atoms with Gasteiger partial charge in [0.25, 0.3) is 0 Å². The summed E-state index contributed by atoms with van der Waals surface area (Å²) < 4.78 is 33.2. The highest BCUT2D eigenvalue weighted by Crippen LogP contribution is 2.14. The number of unbranched alkanes of at least 4 members (excludes halogenated alkanes) is 12. The molecule has 0 bridgehead atoms. The molecule has 7 heteroatoms. The number of hydrogen-bond acceptors (Lipinski definition) is 5. The van der Waals surface area contributed by atoms with Gasteiger partial charge in [-0.3, -0.25) is 4.18 Å². The van der Waals surface area contributed by atoms with Crippen LogP contribution in [0.4, 0.5) is 0 Å². The van der Waals surface area contributed by atoms with Gasteiger partial charge in [-0.25, -0.2) is 8.42 Å². The van der Waals surface area contributed by atoms with Crippen LogP contribution >= 0.6 is 0 Å². The van der Waals surface area contributed by atoms with Gasteiger partial charge in [0.05, 0.1) is 33.8 Å². The third-order valence-electron chi connectivity index (χ3n) is 6.37. The molecule has 0 unspecified atom stereocenters. The Morgan fingerprint density at radius 2 is 1.15 bits per heavy atom. The van der Waals surface area contributed by atoms with E-state index in [-0.39, 0.29) is 6.61 Å². The molecule has 0 aliphatic carbocycles. The standard InChI is InChI=1S/C25H55N2.C2H6O4S/c1-6-27(4,5)24-20-23-26-22-19-17-15-13-11-9-7-8-10-12-14-16-18-21-25(2)3;1-2-6-7(3,4)5/h25-26H,6-24H2,1-5H3;2H2,1H3,(H,3,4,5)/q+1;/p-1. The van der Waals surface area contributed by atoms with E-state index in [1.165, 1.54) is 129 Å². The third kappa shape index (κ3) is 34.0. The van der Waals surface area contributed by atoms with Crippen LogP contribution in [0.2, 0.25) is 0 Å². The van der Waals surface area contributed by atoms with Crippen molar-refractivity contribution in [1.82, 2.24) is 5.32 Å². The first-order valence-corrected chi connectivity index (χ1v) is 15.5. The minimum Gasteiger partial charge on any atom is -0.726 e. The monoisotopic (exact) mass is 508 g/mol. The summed E-state index contributed by atoms with van der Waals surface area (Å²) in [4.78, 5) is 0. The SMILES string of the molecule is CCOS(=O)(=O)[O-].CC[N+](C)(C)CCCNCCCCCCCCCCCCCCCC(C)C. The molecule has 208 valence electrons. The second-order valence-electron chi connectivity index (χ2n) is 10.7. The predicted molar refractivity (Wildman–Crippen MR) is 146 cm³/mol. The summed E-state index contributed by atoms with van der Waals surface area (Å²) in [5.41, 5.74) is 0. The third-order valence-corrected chi connectivity index (χ3v) is 6.89. The maximum absolute atomic E-state index is 9.45. The van der Waals surface area contributed by atoms with E-state index in [1.54, 1.807) is 0 Å². The molecule has 0 rings (SSSR count). The van der Waals surface area contributed by atoms with Gasteiger partial charge in [-0.15, -0.1) is 0 Å². The van der Waals surface area contributed by atoms with Gasteiger partial charge in [-0.1, -0.05) is 97.3 Å². The van der Waals surface area contributed by atoms with E-state index in [2.05, 4.69) is 44.4 Å². The lowest BCUT2D eigenvalue weighted by Gasteiger charge is -2.28. The van der Waals surface area contributed by atoms with Crippen molar-refractivity contribution in [1.29, 1.82) is 0 Å². The molecule has 0 atom stereocenters. The van der Waals surface area contributed by atoms with Crippen LogP contribution in [-0.2, 0) is 14.6 Å². The summed E-state index contributed by atoms with van der Waals surface area (Å²) in [5.74, 6) is 0.892. The average Bonchev–Trinajstić information content (AvgIpc) is 2.74. The molecule has 0 aromatic heterocycles. The fourth-order valence-electron chi connectivity index (χ4n) is 3.81. The van der Waals surface area contributed by atoms with Gasteiger partial charge in [-0.2, -0.15) is 0 Å². The first kappa shape index (κ1) is 35.9. The Hall–Kier alpha value is -0.210. The highest BCUT2D eigenvalue weighted by Gasteiger charge is 2.09. The molecule has 0 amide bonds. The zero-order valence-electron chi connectivity index (χ0n) is 23.7. The maximum atomic E-state index is 9.45. The van der Waals surface area contributed by atoms with Gasteiger partial charge in [-0.05, 0) is 32.7 Å². The van der Waals surface area contributed by atoms with Crippen molar-refractivity contribution < 1.29 is 21.6 Å². The highest BCUT2D eigenvalue weighted by molar-refractivity contribution is 7.80. The van der Waals surface area contributed by atoms with Gasteiger partial charge >= 0.3 is 0 Å². The second-order valence-corrected chi connectivity index (χ2v) is 11.7. The van der Waals surface area contributed by atoms with E-state index < -0.39 is 10.4 Å². The van der Waals surface area contributed by atoms with Crippen molar-refractivity contribution in [3.05, 3.63) is 0 Å². The Morgan fingerprint density at radius 3 is 1.50 bits per heavy atom. The van der Waals surface area contributed by atoms with Crippen molar-refractivity contribution in [3.8, 4) is 0 Å². The molecule has 0 fully saturated rings. The van der Waals surface area contributed by atoms with E-state index >= 15 is 0 Å². The van der Waals surface area contributed by atoms with Crippen molar-refractivity contribution in [2.45, 2.75) is 124 Å². The zero-order valence-corrected chi connectivity index (χ0v) is 24.5. The Bertz CT molecular complexity index is 511. The molecular formula is C27H60N2O4S. The second kappa shape index (κ2) is 24.5. The molecule has 0 aromatic carbocycles. The van der Waals surface area contributed by atoms with Crippen LogP contribution in [0.1, 0.15) is 124 Å². The normalized spacial score (nSPS) is 12.1. The summed E-state index contributed by atoms with van der Waals surface area (Å²) >= 11 is 0. The van der Waals surface area contributed by atoms with Crippen LogP contribution < -0.4 is 5.32 Å². The minimum absolute atomic E-state index is 0.0914. The molecule has 0 aromatic rings. The molecule has 0 heterocycles. The smallest absolute Gasteiger partial charge is 0.217 e. The summed E-state index contributed by atoms with van der Waals surface area (Å²) in [6.07, 6.45) is 21.6. The molecule has 34 heavy (non-hydrogen) atoms. The molecule has 0 aliphatic heterocycles. The Labute approximate surface area is 214 Å². The van der Waals surface area contributed by atoms with Gasteiger partial charge in [0.2, 0.25) is 10.4 Å². The predicted octanol–water partition coefficient (Wildman–Crippen LogP) is 6.66. The molecule has 0 aliphatic rings. The molecule has 0 radical (unpaired) electrons. The van der Waals surface area contributed by atoms with Crippen LogP contribution in [-0.4, -0.2) is 64.3 Å². The fraction of sp³-hybridized carbons (Fsp3) is 1.00. The maximum Gasteiger partial charge on any atom is 0.217 e. The lowest BCUT2D eigenvalue weighted by Crippen LogP contribution is -2.41. The topological polar surface area (TPSA) is 78.5 Å². The minimum atomic E-state index is -4.42. The molecule has 6 nitrogen and oxygen atoms in total. The first-order valence-electron chi connectivity index (χ1n) is 14.2. The number of nitrogens with one attached hydrogen (secondary N) is 1.